The van der Waals surface area contributed by atoms with Crippen LogP contribution in [0.15, 0.2) is 12.2 Å². The first-order valence-corrected chi connectivity index (χ1v) is 21.4. The number of likely N-dealkylation sites (N-methyl/N-ethyl adjacent to an activating group) is 1. The third-order valence-electron chi connectivity index (χ3n) is 9.27. The first kappa shape index (κ1) is 50.0. The summed E-state index contributed by atoms with van der Waals surface area (Å²) < 4.78 is 22.7. The summed E-state index contributed by atoms with van der Waals surface area (Å²) in [6.45, 7) is 4.85. The zero-order valence-electron chi connectivity index (χ0n) is 34.5. The van der Waals surface area contributed by atoms with Gasteiger partial charge in [0.05, 0.1) is 34.4 Å². The van der Waals surface area contributed by atoms with Crippen LogP contribution in [-0.4, -0.2) is 87.4 Å². The highest BCUT2D eigenvalue weighted by Gasteiger charge is 2.25. The minimum absolute atomic E-state index is 0.180. The van der Waals surface area contributed by atoms with Crippen LogP contribution < -0.4 is 0 Å². The van der Waals surface area contributed by atoms with Crippen molar-refractivity contribution in [2.24, 2.45) is 0 Å². The second-order valence-electron chi connectivity index (χ2n) is 15.7. The second kappa shape index (κ2) is 36.0. The molecule has 9 nitrogen and oxygen atoms in total. The summed E-state index contributed by atoms with van der Waals surface area (Å²) in [5.41, 5.74) is 0. The summed E-state index contributed by atoms with van der Waals surface area (Å²) >= 11 is 0. The summed E-state index contributed by atoms with van der Waals surface area (Å²) in [5, 5.41) is 9.60. The van der Waals surface area contributed by atoms with Crippen molar-refractivity contribution in [2.45, 2.75) is 200 Å². The molecule has 9 heteroatoms. The Morgan fingerprint density at radius 2 is 0.981 bits per heavy atom. The first-order chi connectivity index (χ1) is 25.1. The van der Waals surface area contributed by atoms with Crippen LogP contribution >= 0.6 is 0 Å². The maximum absolute atomic E-state index is 12.7. The molecule has 0 aliphatic rings. The van der Waals surface area contributed by atoms with Crippen LogP contribution in [0.5, 0.6) is 0 Å². The van der Waals surface area contributed by atoms with Crippen molar-refractivity contribution in [3.8, 4) is 0 Å². The van der Waals surface area contributed by atoms with E-state index in [1.165, 1.54) is 103 Å². The van der Waals surface area contributed by atoms with E-state index < -0.39 is 24.3 Å². The van der Waals surface area contributed by atoms with Gasteiger partial charge in [0.1, 0.15) is 13.2 Å². The zero-order chi connectivity index (χ0) is 38.5. The van der Waals surface area contributed by atoms with Crippen molar-refractivity contribution in [2.75, 3.05) is 47.5 Å². The van der Waals surface area contributed by atoms with Crippen molar-refractivity contribution in [3.05, 3.63) is 12.2 Å². The standard InChI is InChI=1S/C43H81NO8/c1-6-8-10-12-14-16-18-19-20-21-22-24-26-28-30-32-34-41(46)52-39(38-51-43(42(47)48)49-36-35-44(3,4)5)37-50-40(45)33-31-29-27-25-23-17-15-13-11-9-7-2/h20-21,39,43H,6-19,22-38H2,1-5H3/p+1/b21-20-. The van der Waals surface area contributed by atoms with Crippen LogP contribution in [0.4, 0.5) is 0 Å². The van der Waals surface area contributed by atoms with Crippen LogP contribution in [0, 0.1) is 0 Å². The molecule has 52 heavy (non-hydrogen) atoms. The quantitative estimate of drug-likeness (QED) is 0.0218. The molecule has 0 spiro atoms. The maximum atomic E-state index is 12.7. The number of hydrogen-bond acceptors (Lipinski definition) is 7. The van der Waals surface area contributed by atoms with Crippen molar-refractivity contribution in [1.82, 2.24) is 0 Å². The summed E-state index contributed by atoms with van der Waals surface area (Å²) in [6, 6.07) is 0. The third-order valence-corrected chi connectivity index (χ3v) is 9.27. The lowest BCUT2D eigenvalue weighted by molar-refractivity contribution is -0.870. The Hall–Kier alpha value is -1.97. The van der Waals surface area contributed by atoms with Crippen LogP contribution in [0.3, 0.4) is 0 Å². The molecule has 0 heterocycles. The number of allylic oxidation sites excluding steroid dienone is 2. The molecule has 0 fully saturated rings. The lowest BCUT2D eigenvalue weighted by atomic mass is 10.1. The summed E-state index contributed by atoms with van der Waals surface area (Å²) in [7, 11) is 5.95. The van der Waals surface area contributed by atoms with E-state index in [9.17, 15) is 19.5 Å². The number of aliphatic carboxylic acids is 1. The number of esters is 2. The fourth-order valence-corrected chi connectivity index (χ4v) is 5.89. The highest BCUT2D eigenvalue weighted by atomic mass is 16.7. The normalized spacial score (nSPS) is 13.0. The molecule has 306 valence electrons. The average Bonchev–Trinajstić information content (AvgIpc) is 3.09. The van der Waals surface area contributed by atoms with E-state index >= 15 is 0 Å². The van der Waals surface area contributed by atoms with Gasteiger partial charge in [0.2, 0.25) is 0 Å². The zero-order valence-corrected chi connectivity index (χ0v) is 34.5. The number of hydrogen-bond donors (Lipinski definition) is 1. The number of quaternary nitrogens is 1. The number of unbranched alkanes of at least 4 members (excludes halogenated alkanes) is 22. The van der Waals surface area contributed by atoms with Gasteiger partial charge in [0.25, 0.3) is 6.29 Å². The van der Waals surface area contributed by atoms with Crippen molar-refractivity contribution >= 4 is 17.9 Å². The molecule has 0 saturated carbocycles. The van der Waals surface area contributed by atoms with E-state index in [-0.39, 0.29) is 32.2 Å². The fourth-order valence-electron chi connectivity index (χ4n) is 5.89. The Morgan fingerprint density at radius 1 is 0.558 bits per heavy atom. The van der Waals surface area contributed by atoms with Crippen molar-refractivity contribution in [1.29, 1.82) is 0 Å². The second-order valence-corrected chi connectivity index (χ2v) is 15.7. The predicted molar refractivity (Wildman–Crippen MR) is 212 cm³/mol. The third kappa shape index (κ3) is 36.4. The van der Waals surface area contributed by atoms with Crippen LogP contribution in [-0.2, 0) is 33.3 Å². The van der Waals surface area contributed by atoms with Gasteiger partial charge in [-0.05, 0) is 38.5 Å². The molecule has 2 unspecified atom stereocenters. The van der Waals surface area contributed by atoms with Gasteiger partial charge in [-0.2, -0.15) is 0 Å². The Kier molecular flexibility index (Phi) is 34.7. The molecule has 1 N–H and O–H groups in total. The highest BCUT2D eigenvalue weighted by Crippen LogP contribution is 2.14. The van der Waals surface area contributed by atoms with Crippen LogP contribution in [0.25, 0.3) is 0 Å². The minimum Gasteiger partial charge on any atom is -0.477 e. The van der Waals surface area contributed by atoms with Crippen molar-refractivity contribution < 1.29 is 42.9 Å². The Morgan fingerprint density at radius 3 is 1.42 bits per heavy atom. The lowest BCUT2D eigenvalue weighted by Crippen LogP contribution is -2.40. The van der Waals surface area contributed by atoms with Crippen molar-refractivity contribution in [3.63, 3.8) is 0 Å². The number of carbonyl (C=O) groups is 3. The Bertz CT molecular complexity index is 872. The topological polar surface area (TPSA) is 108 Å². The molecular formula is C43H82NO8+. The van der Waals surface area contributed by atoms with Gasteiger partial charge in [-0.15, -0.1) is 0 Å². The lowest BCUT2D eigenvalue weighted by Gasteiger charge is -2.25. The van der Waals surface area contributed by atoms with E-state index in [0.717, 1.165) is 51.4 Å². The summed E-state index contributed by atoms with van der Waals surface area (Å²) in [6.07, 6.45) is 32.6. The van der Waals surface area contributed by atoms with Crippen LogP contribution in [0.2, 0.25) is 0 Å². The number of ether oxygens (including phenoxy) is 4. The molecule has 0 rings (SSSR count). The molecule has 0 radical (unpaired) electrons. The Labute approximate surface area is 319 Å². The number of rotatable bonds is 39. The monoisotopic (exact) mass is 741 g/mol. The van der Waals surface area contributed by atoms with Gasteiger partial charge in [0.15, 0.2) is 6.10 Å². The SMILES string of the molecule is CCCCCCCCC/C=C\CCCCCCCC(=O)OC(COC(=O)CCCCCCCCCCCCC)COC(OCC[N+](C)(C)C)C(=O)O. The van der Waals surface area contributed by atoms with E-state index in [1.807, 2.05) is 21.1 Å². The van der Waals surface area contributed by atoms with Gasteiger partial charge in [-0.3, -0.25) is 9.59 Å². The molecular weight excluding hydrogens is 658 g/mol. The van der Waals surface area contributed by atoms with E-state index in [1.54, 1.807) is 0 Å². The molecule has 0 aliphatic heterocycles. The average molecular weight is 741 g/mol. The fraction of sp³-hybridized carbons (Fsp3) is 0.884. The smallest absolute Gasteiger partial charge is 0.361 e. The summed E-state index contributed by atoms with van der Waals surface area (Å²) in [4.78, 5) is 37.0. The molecule has 0 aromatic carbocycles. The summed E-state index contributed by atoms with van der Waals surface area (Å²) in [5.74, 6) is -2.01. The Balaban J connectivity index is 4.47. The first-order valence-electron chi connectivity index (χ1n) is 21.4. The molecule has 0 amide bonds. The molecule has 0 saturated heterocycles. The largest absolute Gasteiger partial charge is 0.477 e. The molecule has 0 aromatic heterocycles. The highest BCUT2D eigenvalue weighted by molar-refractivity contribution is 5.71. The molecule has 0 bridgehead atoms. The molecule has 0 aliphatic carbocycles. The minimum atomic E-state index is -1.50. The number of carbonyl (C=O) groups excluding carboxylic acids is 2. The number of nitrogens with zero attached hydrogens (tertiary/aromatic N) is 1. The molecule has 2 atom stereocenters. The van der Waals surface area contributed by atoms with Gasteiger partial charge >= 0.3 is 17.9 Å². The van der Waals surface area contributed by atoms with Crippen LogP contribution in [0.1, 0.15) is 187 Å². The maximum Gasteiger partial charge on any atom is 0.361 e. The number of carboxylic acid groups (broad SMARTS) is 1. The molecule has 0 aromatic rings. The van der Waals surface area contributed by atoms with Gasteiger partial charge in [-0.1, -0.05) is 148 Å². The van der Waals surface area contributed by atoms with Gasteiger partial charge in [0, 0.05) is 12.8 Å². The van der Waals surface area contributed by atoms with E-state index in [0.29, 0.717) is 23.9 Å². The van der Waals surface area contributed by atoms with Gasteiger partial charge in [-0.25, -0.2) is 4.79 Å². The number of carboxylic acids is 1. The van der Waals surface area contributed by atoms with E-state index in [2.05, 4.69) is 26.0 Å². The van der Waals surface area contributed by atoms with Gasteiger partial charge < -0.3 is 28.5 Å². The van der Waals surface area contributed by atoms with E-state index in [4.69, 9.17) is 18.9 Å². The predicted octanol–water partition coefficient (Wildman–Crippen LogP) is 10.7.